The van der Waals surface area contributed by atoms with Crippen LogP contribution in [0, 0.1) is 17.8 Å². The minimum atomic E-state index is -2.00. The minimum absolute atomic E-state index is 0. The topological polar surface area (TPSA) is 174 Å². The third-order valence-corrected chi connectivity index (χ3v) is 17.9. The van der Waals surface area contributed by atoms with E-state index in [4.69, 9.17) is 49.6 Å². The summed E-state index contributed by atoms with van der Waals surface area (Å²) < 4.78 is 16.8. The van der Waals surface area contributed by atoms with Crippen molar-refractivity contribution in [2.45, 2.75) is 139 Å². The van der Waals surface area contributed by atoms with Gasteiger partial charge < -0.3 is 30.4 Å². The van der Waals surface area contributed by atoms with Gasteiger partial charge in [-0.15, -0.1) is 24.0 Å². The third kappa shape index (κ3) is 20.5. The molecule has 0 unspecified atom stereocenters. The van der Waals surface area contributed by atoms with E-state index in [0.29, 0.717) is 36.8 Å². The second-order valence-electron chi connectivity index (χ2n) is 22.0. The summed E-state index contributed by atoms with van der Waals surface area (Å²) in [5, 5.41) is 18.5. The van der Waals surface area contributed by atoms with Gasteiger partial charge in [0.2, 0.25) is 0 Å². The van der Waals surface area contributed by atoms with Crippen LogP contribution in [0.5, 0.6) is 0 Å². The number of rotatable bonds is 10. The fourth-order valence-corrected chi connectivity index (χ4v) is 13.4. The summed E-state index contributed by atoms with van der Waals surface area (Å²) in [7, 11) is -2.00. The largest absolute Gasteiger partial charge is 1.00 e. The number of nitrogens with one attached hydrogen (secondary N) is 2. The molecule has 78 heavy (non-hydrogen) atoms. The van der Waals surface area contributed by atoms with Crippen LogP contribution in [0.15, 0.2) is 66.7 Å². The molecule has 4 aliphatic heterocycles. The van der Waals surface area contributed by atoms with Gasteiger partial charge in [-0.05, 0) is 128 Å². The predicted molar refractivity (Wildman–Crippen MR) is 312 cm³/mol. The number of likely N-dealkylation sites (tertiary alicyclic amines) is 2. The average molecular weight is 1190 g/mol. The average Bonchev–Trinajstić information content (AvgIpc) is 3.98. The van der Waals surface area contributed by atoms with Crippen molar-refractivity contribution in [3.05, 3.63) is 93.5 Å². The molecule has 1 amide bonds. The fraction of sp³-hybridized carbons (Fsp3) is 0.593. The molecule has 0 aromatic heterocycles. The number of nitrogens with zero attached hydrogens (tertiary/aromatic N) is 2. The molecule has 10 rings (SSSR count). The number of alkyl halides is 1. The Morgan fingerprint density at radius 3 is 1.64 bits per heavy atom. The van der Waals surface area contributed by atoms with E-state index in [1.807, 2.05) is 48.5 Å². The van der Waals surface area contributed by atoms with Crippen LogP contribution in [0.3, 0.4) is 0 Å². The van der Waals surface area contributed by atoms with Gasteiger partial charge in [0.25, 0.3) is 6.47 Å². The number of hydrogen-bond donors (Lipinski definition) is 2. The number of amides is 1. The van der Waals surface area contributed by atoms with Crippen molar-refractivity contribution in [2.24, 2.45) is 17.8 Å². The van der Waals surface area contributed by atoms with E-state index >= 15 is 0 Å². The Morgan fingerprint density at radius 2 is 1.15 bits per heavy atom. The van der Waals surface area contributed by atoms with Gasteiger partial charge in [-0.25, -0.2) is 4.79 Å². The van der Waals surface area contributed by atoms with Crippen LogP contribution in [0.1, 0.15) is 139 Å². The molecule has 4 heterocycles. The molecular weight excluding hydrogens is 1110 g/mol. The van der Waals surface area contributed by atoms with E-state index < -0.39 is 9.52 Å². The summed E-state index contributed by atoms with van der Waals surface area (Å²) in [6.07, 6.45) is 24.7. The SMILES string of the molecule is CS(C)(=O)=CC(=O)C1CCCCC1.Cl.Clc1ccc2c(c1)NCC21CCCCC1.O=C(CCl)C1CCCCC1.O=C(CN1CCC2(CC1)CNc1cc(Cl)ccc12)C1CCN(C(=O)OCc2ccccc2)CC1.O=CO[O-].[Na+]. The van der Waals surface area contributed by atoms with E-state index in [2.05, 4.69) is 38.6 Å². The van der Waals surface area contributed by atoms with E-state index in [1.165, 1.54) is 80.0 Å². The number of carbonyl (C=O) groups excluding carboxylic acids is 5. The molecule has 3 aromatic carbocycles. The Kier molecular flexibility index (Phi) is 29.4. The van der Waals surface area contributed by atoms with Gasteiger partial charge in [0.15, 0.2) is 11.6 Å². The van der Waals surface area contributed by atoms with Crippen molar-refractivity contribution in [2.75, 3.05) is 74.8 Å². The summed E-state index contributed by atoms with van der Waals surface area (Å²) in [6.45, 7) is 5.70. The van der Waals surface area contributed by atoms with Gasteiger partial charge >= 0.3 is 35.7 Å². The first kappa shape index (κ1) is 67.6. The van der Waals surface area contributed by atoms with Crippen molar-refractivity contribution in [1.82, 2.24) is 9.80 Å². The number of ether oxygens (including phenoxy) is 1. The Balaban J connectivity index is 0.000000246. The van der Waals surface area contributed by atoms with Gasteiger partial charge in [0.05, 0.1) is 12.4 Å². The molecule has 0 bridgehead atoms. The van der Waals surface area contributed by atoms with E-state index in [1.54, 1.807) is 17.4 Å². The molecule has 426 valence electrons. The Labute approximate surface area is 507 Å². The quantitative estimate of drug-likeness (QED) is 0.0497. The standard InChI is InChI=1S/C27H32ClN3O3.C13H16ClN.C10H18O2S.C8H13ClO.CH2O3.ClH.Na/c28-22-6-7-23-24(16-22)29-19-27(23)10-14-30(15-11-27)17-25(32)21-8-12-31(13-9-21)26(33)34-18-20-4-2-1-3-5-20;14-10-4-5-11-12(8-10)15-9-13(11)6-2-1-3-7-13;1-13(2,12)8-10(11)9-6-4-3-5-7-9;9-6-8(10)7-4-2-1-3-5-7;2-1-4-3;;/h1-7,16,21,29H,8-15,17-19H2;4-5,8,15H,1-3,6-7,9H2;8-9H,3-7H2,1-2H3;7H,1-6H2;1,3H;1H;/q;;;;;;+1/p-1. The summed E-state index contributed by atoms with van der Waals surface area (Å²) in [5.74, 6) is 1.37. The molecule has 5 fully saturated rings. The van der Waals surface area contributed by atoms with Gasteiger partial charge in [-0.2, -0.15) is 0 Å². The number of piperidine rings is 2. The minimum Gasteiger partial charge on any atom is -0.662 e. The Bertz CT molecular complexity index is 2490. The van der Waals surface area contributed by atoms with Crippen LogP contribution in [-0.4, -0.2) is 113 Å². The van der Waals surface area contributed by atoms with Gasteiger partial charge in [0, 0.05) is 94.1 Å². The number of fused-ring (bicyclic) bond motifs is 4. The molecule has 2 spiro atoms. The molecule has 7 aliphatic rings. The Morgan fingerprint density at radius 1 is 0.679 bits per heavy atom. The fourth-order valence-electron chi connectivity index (χ4n) is 12.1. The Hall–Kier alpha value is -2.89. The zero-order valence-corrected chi connectivity index (χ0v) is 52.0. The van der Waals surface area contributed by atoms with Gasteiger partial charge in [-0.3, -0.25) is 28.3 Å². The smallest absolute Gasteiger partial charge is 0.662 e. The number of halogens is 4. The summed E-state index contributed by atoms with van der Waals surface area (Å²) >= 11 is 17.6. The molecular formula is C59H81Cl4N4NaO9S. The maximum atomic E-state index is 13.0. The van der Waals surface area contributed by atoms with E-state index in [9.17, 15) is 23.4 Å². The van der Waals surface area contributed by atoms with Crippen LogP contribution in [0.4, 0.5) is 16.2 Å². The monoisotopic (exact) mass is 1180 g/mol. The zero-order valence-electron chi connectivity index (χ0n) is 46.1. The van der Waals surface area contributed by atoms with Crippen LogP contribution in [-0.2, 0) is 55.8 Å². The second-order valence-corrected chi connectivity index (χ2v) is 26.0. The van der Waals surface area contributed by atoms with Crippen molar-refractivity contribution in [1.29, 1.82) is 0 Å². The maximum absolute atomic E-state index is 13.0. The molecule has 13 nitrogen and oxygen atoms in total. The summed E-state index contributed by atoms with van der Waals surface area (Å²) in [5.41, 5.74) is 6.87. The van der Waals surface area contributed by atoms with Crippen molar-refractivity contribution < 1.29 is 72.6 Å². The van der Waals surface area contributed by atoms with E-state index in [0.717, 1.165) is 112 Å². The molecule has 2 N–H and O–H groups in total. The van der Waals surface area contributed by atoms with Crippen LogP contribution >= 0.6 is 47.2 Å². The first-order valence-electron chi connectivity index (χ1n) is 27.5. The van der Waals surface area contributed by atoms with E-state index in [-0.39, 0.29) is 95.8 Å². The predicted octanol–water partition coefficient (Wildman–Crippen LogP) is 8.40. The number of hydrogen-bond acceptors (Lipinski definition) is 12. The second kappa shape index (κ2) is 33.9. The third-order valence-electron chi connectivity index (χ3n) is 16.4. The van der Waals surface area contributed by atoms with Crippen molar-refractivity contribution in [3.8, 4) is 0 Å². The number of anilines is 2. The number of benzene rings is 3. The molecule has 3 aromatic rings. The maximum Gasteiger partial charge on any atom is 1.00 e. The van der Waals surface area contributed by atoms with Crippen LogP contribution < -0.4 is 45.4 Å². The molecule has 2 saturated heterocycles. The normalized spacial score (nSPS) is 19.3. The van der Waals surface area contributed by atoms with Crippen LogP contribution in [0.2, 0.25) is 10.0 Å². The zero-order chi connectivity index (χ0) is 54.6. The number of carbonyl (C=O) groups is 5. The van der Waals surface area contributed by atoms with Gasteiger partial charge in [0.1, 0.15) is 12.4 Å². The summed E-state index contributed by atoms with van der Waals surface area (Å²) in [4.78, 5) is 63.3. The molecule has 3 saturated carbocycles. The molecule has 19 heteroatoms. The number of Topliss-reactive ketones (excluding diaryl/α,β-unsaturated/α-hetero) is 3. The molecule has 3 aliphatic carbocycles. The number of ketones is 3. The first-order chi connectivity index (χ1) is 36.6. The van der Waals surface area contributed by atoms with Crippen molar-refractivity contribution >= 4 is 103 Å². The molecule has 0 radical (unpaired) electrons. The van der Waals surface area contributed by atoms with Crippen LogP contribution in [0.25, 0.3) is 0 Å². The van der Waals surface area contributed by atoms with Gasteiger partial charge in [-0.1, -0.05) is 123 Å². The molecule has 0 atom stereocenters. The summed E-state index contributed by atoms with van der Waals surface area (Å²) in [6, 6.07) is 22.2. The first-order valence-corrected chi connectivity index (χ1v) is 31.2. The van der Waals surface area contributed by atoms with Crippen molar-refractivity contribution in [3.63, 3.8) is 0 Å².